The monoisotopic (exact) mass is 505 g/mol. The molecule has 0 spiro atoms. The molecule has 192 valence electrons. The van der Waals surface area contributed by atoms with E-state index in [1.54, 1.807) is 30.1 Å². The third-order valence-electron chi connectivity index (χ3n) is 6.66. The van der Waals surface area contributed by atoms with Crippen LogP contribution in [0.3, 0.4) is 0 Å². The molecule has 7 nitrogen and oxygen atoms in total. The van der Waals surface area contributed by atoms with E-state index < -0.39 is 11.6 Å². The zero-order chi connectivity index (χ0) is 26.5. The lowest BCUT2D eigenvalue weighted by Gasteiger charge is -2.25. The van der Waals surface area contributed by atoms with E-state index in [1.807, 2.05) is 6.92 Å². The number of rotatable bonds is 8. The number of aromatic nitrogens is 2. The number of nitrogens with zero attached hydrogens (tertiary/aromatic N) is 4. The lowest BCUT2D eigenvalue weighted by atomic mass is 9.83. The minimum absolute atomic E-state index is 0.0432. The van der Waals surface area contributed by atoms with Crippen molar-refractivity contribution in [2.75, 3.05) is 25.9 Å². The third-order valence-corrected chi connectivity index (χ3v) is 6.66. The van der Waals surface area contributed by atoms with Gasteiger partial charge in [0, 0.05) is 43.8 Å². The summed E-state index contributed by atoms with van der Waals surface area (Å²) in [5, 5.41) is 0. The number of amides is 1. The number of hydrogen-bond donors (Lipinski definition) is 1. The van der Waals surface area contributed by atoms with Gasteiger partial charge in [-0.25, -0.2) is 18.7 Å². The fourth-order valence-corrected chi connectivity index (χ4v) is 4.92. The first-order chi connectivity index (χ1) is 17.9. The van der Waals surface area contributed by atoms with Gasteiger partial charge in [0.2, 0.25) is 5.91 Å². The summed E-state index contributed by atoms with van der Waals surface area (Å²) in [6, 6.07) is 9.96. The molecule has 2 aromatic carbocycles. The molecule has 37 heavy (non-hydrogen) atoms. The van der Waals surface area contributed by atoms with E-state index >= 15 is 4.39 Å². The second-order valence-corrected chi connectivity index (χ2v) is 8.84. The molecule has 1 aliphatic heterocycles. The van der Waals surface area contributed by atoms with Gasteiger partial charge in [0.15, 0.2) is 0 Å². The van der Waals surface area contributed by atoms with E-state index in [1.165, 1.54) is 36.7 Å². The minimum atomic E-state index is -0.583. The SMILES string of the molecule is C=CC(=O)N1CCC(C(CC)c2ncnc(N)c2/C(=N\C)c2ccc(Oc3cccc(F)c3)cc2F)C1. The normalized spacial score (nSPS) is 16.5. The first-order valence-corrected chi connectivity index (χ1v) is 12.1. The van der Waals surface area contributed by atoms with Gasteiger partial charge in [0.05, 0.1) is 17.0 Å². The highest BCUT2D eigenvalue weighted by atomic mass is 19.1. The van der Waals surface area contributed by atoms with E-state index in [2.05, 4.69) is 21.5 Å². The number of nitrogens with two attached hydrogens (primary N) is 1. The van der Waals surface area contributed by atoms with Gasteiger partial charge < -0.3 is 15.4 Å². The predicted molar refractivity (Wildman–Crippen MR) is 139 cm³/mol. The highest BCUT2D eigenvalue weighted by molar-refractivity contribution is 6.16. The van der Waals surface area contributed by atoms with Gasteiger partial charge in [-0.15, -0.1) is 0 Å². The van der Waals surface area contributed by atoms with Crippen molar-refractivity contribution in [1.82, 2.24) is 14.9 Å². The number of carbonyl (C=O) groups is 1. The van der Waals surface area contributed by atoms with Crippen molar-refractivity contribution in [3.05, 3.63) is 89.9 Å². The van der Waals surface area contributed by atoms with Gasteiger partial charge in [-0.3, -0.25) is 9.79 Å². The molecule has 1 aromatic heterocycles. The number of aliphatic imine (C=N–C) groups is 1. The summed E-state index contributed by atoms with van der Waals surface area (Å²) in [6.45, 7) is 6.84. The average molecular weight is 506 g/mol. The van der Waals surface area contributed by atoms with E-state index in [0.717, 1.165) is 12.8 Å². The lowest BCUT2D eigenvalue weighted by Crippen LogP contribution is -2.28. The molecule has 3 aromatic rings. The second kappa shape index (κ2) is 11.3. The van der Waals surface area contributed by atoms with Gasteiger partial charge in [0.1, 0.15) is 35.3 Å². The van der Waals surface area contributed by atoms with Crippen molar-refractivity contribution in [2.45, 2.75) is 25.7 Å². The van der Waals surface area contributed by atoms with Crippen molar-refractivity contribution in [1.29, 1.82) is 0 Å². The van der Waals surface area contributed by atoms with Crippen LogP contribution >= 0.6 is 0 Å². The molecule has 9 heteroatoms. The standard InChI is InChI=1S/C28H29F2N5O2/c1-4-21(17-11-12-35(15-17)24(36)5-2)27-25(28(31)34-16-33-27)26(32-3)22-10-9-20(14-23(22)30)37-19-8-6-7-18(29)13-19/h5-10,13-14,16-17,21H,2,4,11-12,15H2,1,3H3,(H2,31,33,34)/b32-26-. The van der Waals surface area contributed by atoms with Crippen LogP contribution in [0.2, 0.25) is 0 Å². The molecule has 0 aliphatic carbocycles. The fourth-order valence-electron chi connectivity index (χ4n) is 4.92. The van der Waals surface area contributed by atoms with Crippen molar-refractivity contribution in [3.63, 3.8) is 0 Å². The van der Waals surface area contributed by atoms with Crippen LogP contribution in [0.1, 0.15) is 42.5 Å². The Labute approximate surface area is 214 Å². The van der Waals surface area contributed by atoms with Crippen molar-refractivity contribution < 1.29 is 18.3 Å². The smallest absolute Gasteiger partial charge is 0.245 e. The predicted octanol–water partition coefficient (Wildman–Crippen LogP) is 5.12. The Morgan fingerprint density at radius 1 is 1.27 bits per heavy atom. The number of nitrogen functional groups attached to an aromatic ring is 1. The van der Waals surface area contributed by atoms with Crippen molar-refractivity contribution in [2.24, 2.45) is 10.9 Å². The highest BCUT2D eigenvalue weighted by Gasteiger charge is 2.34. The van der Waals surface area contributed by atoms with Gasteiger partial charge in [-0.1, -0.05) is 19.6 Å². The largest absolute Gasteiger partial charge is 0.457 e. The van der Waals surface area contributed by atoms with Crippen LogP contribution in [0.15, 0.2) is 66.4 Å². The molecule has 1 aliphatic rings. The third kappa shape index (κ3) is 5.50. The van der Waals surface area contributed by atoms with Crippen LogP contribution < -0.4 is 10.5 Å². The molecule has 0 bridgehead atoms. The first-order valence-electron chi connectivity index (χ1n) is 12.1. The molecule has 2 unspecified atom stereocenters. The summed E-state index contributed by atoms with van der Waals surface area (Å²) in [6.07, 6.45) is 4.27. The molecular weight excluding hydrogens is 476 g/mol. The Kier molecular flexibility index (Phi) is 7.91. The summed E-state index contributed by atoms with van der Waals surface area (Å²) < 4.78 is 34.5. The molecule has 0 saturated carbocycles. The van der Waals surface area contributed by atoms with Gasteiger partial charge in [0.25, 0.3) is 0 Å². The van der Waals surface area contributed by atoms with Crippen LogP contribution in [-0.4, -0.2) is 46.6 Å². The molecule has 4 rings (SSSR count). The zero-order valence-electron chi connectivity index (χ0n) is 20.8. The fraction of sp³-hybridized carbons (Fsp3) is 0.286. The molecule has 1 fully saturated rings. The van der Waals surface area contributed by atoms with Crippen LogP contribution in [-0.2, 0) is 4.79 Å². The van der Waals surface area contributed by atoms with Gasteiger partial charge in [-0.05, 0) is 49.1 Å². The van der Waals surface area contributed by atoms with Crippen LogP contribution in [0, 0.1) is 17.6 Å². The van der Waals surface area contributed by atoms with Gasteiger partial charge >= 0.3 is 0 Å². The number of hydrogen-bond acceptors (Lipinski definition) is 6. The van der Waals surface area contributed by atoms with Crippen molar-refractivity contribution in [3.8, 4) is 11.5 Å². The molecule has 2 atom stereocenters. The Bertz CT molecular complexity index is 1340. The summed E-state index contributed by atoms with van der Waals surface area (Å²) in [4.78, 5) is 27.0. The average Bonchev–Trinajstić information content (AvgIpc) is 3.37. The molecular formula is C28H29F2N5O2. The molecule has 0 radical (unpaired) electrons. The number of benzene rings is 2. The zero-order valence-corrected chi connectivity index (χ0v) is 20.8. The summed E-state index contributed by atoms with van der Waals surface area (Å²) in [5.74, 6) is -0.369. The minimum Gasteiger partial charge on any atom is -0.457 e. The first kappa shape index (κ1) is 25.9. The van der Waals surface area contributed by atoms with E-state index in [-0.39, 0.29) is 40.6 Å². The number of likely N-dealkylation sites (tertiary alicyclic amines) is 1. The Morgan fingerprint density at radius 2 is 2.05 bits per heavy atom. The number of halogens is 2. The molecule has 1 amide bonds. The van der Waals surface area contributed by atoms with E-state index in [4.69, 9.17) is 10.5 Å². The quantitative estimate of drug-likeness (QED) is 0.339. The van der Waals surface area contributed by atoms with Gasteiger partial charge in [-0.2, -0.15) is 0 Å². The van der Waals surface area contributed by atoms with E-state index in [0.29, 0.717) is 30.1 Å². The van der Waals surface area contributed by atoms with Crippen molar-refractivity contribution >= 4 is 17.4 Å². The lowest BCUT2D eigenvalue weighted by molar-refractivity contribution is -0.125. The van der Waals surface area contributed by atoms with E-state index in [9.17, 15) is 9.18 Å². The second-order valence-electron chi connectivity index (χ2n) is 8.84. The maximum absolute atomic E-state index is 15.4. The number of ether oxygens (including phenoxy) is 1. The number of anilines is 1. The summed E-state index contributed by atoms with van der Waals surface area (Å²) in [7, 11) is 1.56. The van der Waals surface area contributed by atoms with Crippen LogP contribution in [0.4, 0.5) is 14.6 Å². The summed E-state index contributed by atoms with van der Waals surface area (Å²) in [5.41, 5.74) is 8.00. The maximum Gasteiger partial charge on any atom is 0.245 e. The topological polar surface area (TPSA) is 93.7 Å². The summed E-state index contributed by atoms with van der Waals surface area (Å²) >= 11 is 0. The number of carbonyl (C=O) groups excluding carboxylic acids is 1. The molecule has 2 heterocycles. The molecule has 1 saturated heterocycles. The Morgan fingerprint density at radius 3 is 2.73 bits per heavy atom. The van der Waals surface area contributed by atoms with Crippen LogP contribution in [0.25, 0.3) is 0 Å². The Hall–Kier alpha value is -4.14. The van der Waals surface area contributed by atoms with Crippen LogP contribution in [0.5, 0.6) is 11.5 Å². The molecule has 2 N–H and O–H groups in total. The Balaban J connectivity index is 1.68. The highest BCUT2D eigenvalue weighted by Crippen LogP contribution is 2.37. The maximum atomic E-state index is 15.4.